The van der Waals surface area contributed by atoms with Crippen molar-refractivity contribution in [2.45, 2.75) is 23.1 Å². The highest BCUT2D eigenvalue weighted by Gasteiger charge is 2.42. The number of anilines is 2. The SMILES string of the molecule is CSc1ccc(-c2cc(N(C(=O)[C@@H]3C[C@H]3C)c3ccc(SC)cc3)sn2)cc1. The first-order valence-electron chi connectivity index (χ1n) is 9.20. The van der Waals surface area contributed by atoms with Crippen LogP contribution in [0.2, 0.25) is 0 Å². The molecule has 1 fully saturated rings. The zero-order valence-corrected chi connectivity index (χ0v) is 18.5. The van der Waals surface area contributed by atoms with Gasteiger partial charge in [-0.25, -0.2) is 0 Å². The fourth-order valence-corrected chi connectivity index (χ4v) is 4.80. The monoisotopic (exact) mass is 426 g/mol. The quantitative estimate of drug-likeness (QED) is 0.417. The van der Waals surface area contributed by atoms with E-state index < -0.39 is 0 Å². The molecule has 0 aliphatic heterocycles. The van der Waals surface area contributed by atoms with Crippen molar-refractivity contribution in [1.29, 1.82) is 0 Å². The van der Waals surface area contributed by atoms with Gasteiger partial charge in [0, 0.05) is 33.0 Å². The number of nitrogens with zero attached hydrogens (tertiary/aromatic N) is 2. The molecule has 2 aromatic carbocycles. The minimum Gasteiger partial charge on any atom is -0.274 e. The van der Waals surface area contributed by atoms with Crippen LogP contribution in [0.1, 0.15) is 13.3 Å². The summed E-state index contributed by atoms with van der Waals surface area (Å²) in [6, 6.07) is 18.6. The van der Waals surface area contributed by atoms with Crippen LogP contribution in [0.25, 0.3) is 11.3 Å². The van der Waals surface area contributed by atoms with Gasteiger partial charge >= 0.3 is 0 Å². The lowest BCUT2D eigenvalue weighted by atomic mass is 10.1. The second-order valence-corrected chi connectivity index (χ2v) is 9.51. The van der Waals surface area contributed by atoms with Gasteiger partial charge < -0.3 is 0 Å². The molecule has 1 aromatic heterocycles. The normalized spacial score (nSPS) is 18.1. The summed E-state index contributed by atoms with van der Waals surface area (Å²) in [6.45, 7) is 2.14. The summed E-state index contributed by atoms with van der Waals surface area (Å²) in [5.74, 6) is 0.760. The molecule has 0 radical (unpaired) electrons. The Balaban J connectivity index is 1.68. The molecular weight excluding hydrogens is 404 g/mol. The predicted molar refractivity (Wildman–Crippen MR) is 122 cm³/mol. The summed E-state index contributed by atoms with van der Waals surface area (Å²) >= 11 is 4.81. The van der Waals surface area contributed by atoms with Crippen LogP contribution in [0.3, 0.4) is 0 Å². The van der Waals surface area contributed by atoms with Gasteiger partial charge in [0.05, 0.1) is 5.69 Å². The van der Waals surface area contributed by atoms with E-state index in [4.69, 9.17) is 0 Å². The minimum atomic E-state index is 0.117. The Morgan fingerprint density at radius 3 is 2.14 bits per heavy atom. The standard InChI is InChI=1S/C22H22N2OS3/c1-14-12-19(14)22(25)24(16-6-10-18(27-3)11-7-16)21-13-20(23-28-21)15-4-8-17(26-2)9-5-15/h4-11,13-14,19H,12H2,1-3H3/t14-,19-/m1/s1. The molecule has 144 valence electrons. The second kappa shape index (κ2) is 8.31. The molecular formula is C22H22N2OS3. The van der Waals surface area contributed by atoms with E-state index in [0.717, 1.165) is 28.4 Å². The van der Waals surface area contributed by atoms with Crippen molar-refractivity contribution < 1.29 is 4.79 Å². The molecule has 3 aromatic rings. The highest BCUT2D eigenvalue weighted by molar-refractivity contribution is 7.98. The molecule has 6 heteroatoms. The van der Waals surface area contributed by atoms with Gasteiger partial charge in [-0.3, -0.25) is 9.69 Å². The molecule has 1 aliphatic rings. The van der Waals surface area contributed by atoms with Gasteiger partial charge in [0.25, 0.3) is 0 Å². The Bertz CT molecular complexity index is 966. The van der Waals surface area contributed by atoms with Crippen molar-refractivity contribution in [3.8, 4) is 11.3 Å². The lowest BCUT2D eigenvalue weighted by Crippen LogP contribution is -2.27. The predicted octanol–water partition coefficient (Wildman–Crippen LogP) is 6.57. The summed E-state index contributed by atoms with van der Waals surface area (Å²) in [5, 5.41) is 0.880. The average molecular weight is 427 g/mol. The van der Waals surface area contributed by atoms with Gasteiger partial charge in [-0.1, -0.05) is 19.1 Å². The highest BCUT2D eigenvalue weighted by atomic mass is 32.2. The first-order chi connectivity index (χ1) is 13.6. The summed E-state index contributed by atoms with van der Waals surface area (Å²) in [6.07, 6.45) is 5.10. The number of aromatic nitrogens is 1. The van der Waals surface area contributed by atoms with Crippen molar-refractivity contribution in [2.24, 2.45) is 11.8 Å². The van der Waals surface area contributed by atoms with E-state index in [1.54, 1.807) is 23.5 Å². The van der Waals surface area contributed by atoms with Gasteiger partial charge in [-0.05, 0) is 72.8 Å². The van der Waals surface area contributed by atoms with Crippen molar-refractivity contribution in [3.63, 3.8) is 0 Å². The molecule has 2 atom stereocenters. The number of thioether (sulfide) groups is 2. The molecule has 0 bridgehead atoms. The fraction of sp³-hybridized carbons (Fsp3) is 0.273. The topological polar surface area (TPSA) is 33.2 Å². The first-order valence-corrected chi connectivity index (χ1v) is 12.4. The Morgan fingerprint density at radius 1 is 1.04 bits per heavy atom. The van der Waals surface area contributed by atoms with Crippen molar-refractivity contribution in [2.75, 3.05) is 17.4 Å². The number of carbonyl (C=O) groups is 1. The number of carbonyl (C=O) groups excluding carboxylic acids is 1. The lowest BCUT2D eigenvalue weighted by Gasteiger charge is -2.21. The maximum Gasteiger partial charge on any atom is 0.235 e. The van der Waals surface area contributed by atoms with Crippen LogP contribution in [0.5, 0.6) is 0 Å². The first kappa shape index (κ1) is 19.6. The van der Waals surface area contributed by atoms with Crippen LogP contribution in [-0.2, 0) is 4.79 Å². The Morgan fingerprint density at radius 2 is 1.61 bits per heavy atom. The van der Waals surface area contributed by atoms with Gasteiger partial charge in [-0.15, -0.1) is 23.5 Å². The summed E-state index contributed by atoms with van der Waals surface area (Å²) in [4.78, 5) is 17.5. The zero-order valence-electron chi connectivity index (χ0n) is 16.1. The molecule has 4 rings (SSSR count). The number of hydrogen-bond acceptors (Lipinski definition) is 5. The van der Waals surface area contributed by atoms with Crippen LogP contribution >= 0.6 is 35.1 Å². The van der Waals surface area contributed by atoms with Gasteiger partial charge in [0.1, 0.15) is 5.00 Å². The van der Waals surface area contributed by atoms with Crippen molar-refractivity contribution in [1.82, 2.24) is 4.37 Å². The maximum atomic E-state index is 13.2. The largest absolute Gasteiger partial charge is 0.274 e. The van der Waals surface area contributed by atoms with E-state index in [9.17, 15) is 4.79 Å². The average Bonchev–Trinajstić information content (AvgIpc) is 3.28. The molecule has 0 spiro atoms. The summed E-state index contributed by atoms with van der Waals surface area (Å²) in [7, 11) is 0. The van der Waals surface area contributed by atoms with Crippen LogP contribution in [0.4, 0.5) is 10.7 Å². The van der Waals surface area contributed by atoms with Gasteiger partial charge in [-0.2, -0.15) is 4.37 Å². The van der Waals surface area contributed by atoms with Crippen molar-refractivity contribution >= 4 is 51.7 Å². The van der Waals surface area contributed by atoms with Gasteiger partial charge in [0.15, 0.2) is 0 Å². The van der Waals surface area contributed by atoms with Crippen molar-refractivity contribution in [3.05, 3.63) is 54.6 Å². The van der Waals surface area contributed by atoms with E-state index in [2.05, 4.69) is 60.2 Å². The molecule has 0 unspecified atom stereocenters. The summed E-state index contributed by atoms with van der Waals surface area (Å²) in [5.41, 5.74) is 2.90. The third-order valence-electron chi connectivity index (χ3n) is 5.08. The van der Waals surface area contributed by atoms with E-state index in [0.29, 0.717) is 5.92 Å². The second-order valence-electron chi connectivity index (χ2n) is 6.97. The van der Waals surface area contributed by atoms with E-state index in [1.807, 2.05) is 23.1 Å². The summed E-state index contributed by atoms with van der Waals surface area (Å²) < 4.78 is 4.64. The molecule has 1 aliphatic carbocycles. The zero-order chi connectivity index (χ0) is 19.7. The Hall–Kier alpha value is -1.76. The van der Waals surface area contributed by atoms with Crippen LogP contribution < -0.4 is 4.90 Å². The molecule has 1 amide bonds. The number of benzene rings is 2. The van der Waals surface area contributed by atoms with Gasteiger partial charge in [0.2, 0.25) is 5.91 Å². The Labute approximate surface area is 178 Å². The fourth-order valence-electron chi connectivity index (χ4n) is 3.20. The number of hydrogen-bond donors (Lipinski definition) is 0. The van der Waals surface area contributed by atoms with E-state index >= 15 is 0 Å². The van der Waals surface area contributed by atoms with Crippen LogP contribution in [0.15, 0.2) is 64.4 Å². The van der Waals surface area contributed by atoms with E-state index in [-0.39, 0.29) is 11.8 Å². The molecule has 1 saturated carbocycles. The number of rotatable bonds is 6. The minimum absolute atomic E-state index is 0.117. The van der Waals surface area contributed by atoms with Crippen LogP contribution in [0, 0.1) is 11.8 Å². The molecule has 28 heavy (non-hydrogen) atoms. The highest BCUT2D eigenvalue weighted by Crippen LogP contribution is 2.43. The molecule has 1 heterocycles. The smallest absolute Gasteiger partial charge is 0.235 e. The van der Waals surface area contributed by atoms with Crippen LogP contribution in [-0.4, -0.2) is 22.8 Å². The molecule has 3 nitrogen and oxygen atoms in total. The molecule has 0 N–H and O–H groups in total. The van der Waals surface area contributed by atoms with E-state index in [1.165, 1.54) is 21.3 Å². The maximum absolute atomic E-state index is 13.2. The molecule has 0 saturated heterocycles. The third kappa shape index (κ3) is 4.00. The lowest BCUT2D eigenvalue weighted by molar-refractivity contribution is -0.119. The number of amides is 1. The Kier molecular flexibility index (Phi) is 5.80. The third-order valence-corrected chi connectivity index (χ3v) is 7.34.